The number of hydrazone groups is 1. The number of ether oxygens (including phenoxy) is 2. The molecule has 0 unspecified atom stereocenters. The van der Waals surface area contributed by atoms with Gasteiger partial charge in [-0.05, 0) is 52.3 Å². The summed E-state index contributed by atoms with van der Waals surface area (Å²) in [5.74, 6) is 0.413. The molecule has 1 aliphatic heterocycles. The van der Waals surface area contributed by atoms with Crippen molar-refractivity contribution in [3.05, 3.63) is 52.0 Å². The zero-order valence-corrected chi connectivity index (χ0v) is 12.8. The van der Waals surface area contributed by atoms with E-state index in [1.807, 2.05) is 12.1 Å². The number of carboxylic acid groups (broad SMARTS) is 1. The van der Waals surface area contributed by atoms with Crippen LogP contribution in [0.5, 0.6) is 11.5 Å². The van der Waals surface area contributed by atoms with Crippen molar-refractivity contribution in [2.45, 2.75) is 0 Å². The fourth-order valence-electron chi connectivity index (χ4n) is 1.90. The first-order valence-corrected chi connectivity index (χ1v) is 7.14. The third-order valence-electron chi connectivity index (χ3n) is 3.02. The minimum atomic E-state index is -0.959. The van der Waals surface area contributed by atoms with E-state index in [9.17, 15) is 4.79 Å². The molecule has 0 atom stereocenters. The molecule has 0 saturated carbocycles. The van der Waals surface area contributed by atoms with Crippen molar-refractivity contribution in [1.82, 2.24) is 0 Å². The summed E-state index contributed by atoms with van der Waals surface area (Å²) in [7, 11) is 0. The number of nitrogens with one attached hydrogen (secondary N) is 1. The van der Waals surface area contributed by atoms with Gasteiger partial charge in [-0.2, -0.15) is 5.10 Å². The number of halogens is 1. The maximum atomic E-state index is 10.8. The molecule has 6 nitrogen and oxygen atoms in total. The van der Waals surface area contributed by atoms with E-state index in [-0.39, 0.29) is 12.4 Å². The van der Waals surface area contributed by atoms with E-state index in [4.69, 9.17) is 14.6 Å². The Labute approximate surface area is 134 Å². The molecule has 0 aliphatic carbocycles. The van der Waals surface area contributed by atoms with Gasteiger partial charge in [-0.15, -0.1) is 0 Å². The van der Waals surface area contributed by atoms with Crippen LogP contribution in [-0.4, -0.2) is 24.1 Å². The van der Waals surface area contributed by atoms with Crippen LogP contribution in [0.1, 0.15) is 15.9 Å². The second-order valence-corrected chi connectivity index (χ2v) is 5.33. The van der Waals surface area contributed by atoms with Crippen LogP contribution < -0.4 is 14.9 Å². The lowest BCUT2D eigenvalue weighted by molar-refractivity contribution is 0.0697. The molecule has 0 saturated heterocycles. The van der Waals surface area contributed by atoms with Gasteiger partial charge in [0.15, 0.2) is 11.5 Å². The van der Waals surface area contributed by atoms with Gasteiger partial charge in [-0.25, -0.2) is 4.79 Å². The molecule has 3 rings (SSSR count). The number of nitrogens with zero attached hydrogens (tertiary/aromatic N) is 1. The lowest BCUT2D eigenvalue weighted by Gasteiger charge is -2.03. The molecule has 0 fully saturated rings. The number of anilines is 1. The van der Waals surface area contributed by atoms with Crippen molar-refractivity contribution >= 4 is 33.8 Å². The summed E-state index contributed by atoms with van der Waals surface area (Å²) < 4.78 is 11.4. The van der Waals surface area contributed by atoms with Crippen LogP contribution >= 0.6 is 15.9 Å². The van der Waals surface area contributed by atoms with Crippen molar-refractivity contribution in [1.29, 1.82) is 0 Å². The van der Waals surface area contributed by atoms with Gasteiger partial charge in [0.1, 0.15) is 0 Å². The number of rotatable bonds is 4. The van der Waals surface area contributed by atoms with Crippen LogP contribution in [0.3, 0.4) is 0 Å². The van der Waals surface area contributed by atoms with Crippen LogP contribution in [0.15, 0.2) is 46.0 Å². The number of aromatic carboxylic acids is 1. The predicted octanol–water partition coefficient (Wildman–Crippen LogP) is 3.32. The lowest BCUT2D eigenvalue weighted by Crippen LogP contribution is -1.96. The molecule has 0 amide bonds. The Bertz CT molecular complexity index is 744. The Morgan fingerprint density at radius 1 is 1.23 bits per heavy atom. The summed E-state index contributed by atoms with van der Waals surface area (Å²) in [4.78, 5) is 10.8. The van der Waals surface area contributed by atoms with Gasteiger partial charge >= 0.3 is 5.97 Å². The quantitative estimate of drug-likeness (QED) is 0.644. The van der Waals surface area contributed by atoms with Crippen molar-refractivity contribution in [3.8, 4) is 11.5 Å². The number of carbonyl (C=O) groups is 1. The molecule has 2 aromatic rings. The highest BCUT2D eigenvalue weighted by atomic mass is 79.9. The smallest absolute Gasteiger partial charge is 0.335 e. The maximum Gasteiger partial charge on any atom is 0.335 e. The summed E-state index contributed by atoms with van der Waals surface area (Å²) in [6.45, 7) is 0.219. The number of hydrogen-bond donors (Lipinski definition) is 2. The summed E-state index contributed by atoms with van der Waals surface area (Å²) in [6, 6.07) is 9.97. The Hall–Kier alpha value is -2.54. The maximum absolute atomic E-state index is 10.8. The third-order valence-corrected chi connectivity index (χ3v) is 3.71. The Balaban J connectivity index is 1.71. The van der Waals surface area contributed by atoms with E-state index in [0.717, 1.165) is 10.0 Å². The molecule has 22 heavy (non-hydrogen) atoms. The van der Waals surface area contributed by atoms with Gasteiger partial charge in [0.05, 0.1) is 17.5 Å². The molecular weight excluding hydrogens is 352 g/mol. The Morgan fingerprint density at radius 3 is 2.59 bits per heavy atom. The molecule has 7 heteroatoms. The summed E-state index contributed by atoms with van der Waals surface area (Å²) >= 11 is 3.44. The summed E-state index contributed by atoms with van der Waals surface area (Å²) in [6.07, 6.45) is 1.64. The van der Waals surface area contributed by atoms with Crippen molar-refractivity contribution in [2.75, 3.05) is 12.2 Å². The van der Waals surface area contributed by atoms with E-state index >= 15 is 0 Å². The van der Waals surface area contributed by atoms with Gasteiger partial charge < -0.3 is 14.6 Å². The van der Waals surface area contributed by atoms with Crippen molar-refractivity contribution in [3.63, 3.8) is 0 Å². The Morgan fingerprint density at radius 2 is 1.91 bits per heavy atom. The first kappa shape index (κ1) is 14.4. The highest BCUT2D eigenvalue weighted by Crippen LogP contribution is 2.36. The monoisotopic (exact) mass is 362 g/mol. The van der Waals surface area contributed by atoms with Crippen LogP contribution in [-0.2, 0) is 0 Å². The van der Waals surface area contributed by atoms with Crippen LogP contribution in [0, 0.1) is 0 Å². The van der Waals surface area contributed by atoms with Gasteiger partial charge in [0.25, 0.3) is 0 Å². The molecular formula is C15H11BrN2O4. The minimum absolute atomic E-state index is 0.219. The average molecular weight is 363 g/mol. The second-order valence-electron chi connectivity index (χ2n) is 4.48. The highest BCUT2D eigenvalue weighted by Gasteiger charge is 2.15. The second kappa shape index (κ2) is 6.07. The van der Waals surface area contributed by atoms with Crippen LogP contribution in [0.25, 0.3) is 0 Å². The zero-order chi connectivity index (χ0) is 15.5. The predicted molar refractivity (Wildman–Crippen MR) is 84.9 cm³/mol. The SMILES string of the molecule is O=C(O)c1ccc(N/N=C\c2cc3c(cc2Br)OCO3)cc1. The third kappa shape index (κ3) is 3.04. The van der Waals surface area contributed by atoms with E-state index in [0.29, 0.717) is 17.2 Å². The molecule has 2 N–H and O–H groups in total. The van der Waals surface area contributed by atoms with Crippen molar-refractivity contribution < 1.29 is 19.4 Å². The standard InChI is InChI=1S/C15H11BrN2O4/c16-12-6-14-13(21-8-22-14)5-10(12)7-17-18-11-3-1-9(2-4-11)15(19)20/h1-7,18H,8H2,(H,19,20)/b17-7-. The molecule has 0 radical (unpaired) electrons. The molecule has 2 aromatic carbocycles. The van der Waals surface area contributed by atoms with Gasteiger partial charge in [-0.1, -0.05) is 0 Å². The molecule has 1 aliphatic rings. The molecule has 1 heterocycles. The summed E-state index contributed by atoms with van der Waals surface area (Å²) in [5, 5.41) is 13.0. The highest BCUT2D eigenvalue weighted by molar-refractivity contribution is 9.10. The normalized spacial score (nSPS) is 12.6. The van der Waals surface area contributed by atoms with E-state index in [2.05, 4.69) is 26.5 Å². The zero-order valence-electron chi connectivity index (χ0n) is 11.2. The fourth-order valence-corrected chi connectivity index (χ4v) is 2.32. The molecule has 0 aromatic heterocycles. The first-order valence-electron chi connectivity index (χ1n) is 6.35. The average Bonchev–Trinajstić information content (AvgIpc) is 2.95. The van der Waals surface area contributed by atoms with Gasteiger partial charge in [-0.3, -0.25) is 5.43 Å². The topological polar surface area (TPSA) is 80.2 Å². The summed E-state index contributed by atoms with van der Waals surface area (Å²) in [5.41, 5.74) is 4.59. The van der Waals surface area contributed by atoms with E-state index in [1.54, 1.807) is 18.3 Å². The number of fused-ring (bicyclic) bond motifs is 1. The minimum Gasteiger partial charge on any atom is -0.478 e. The number of benzene rings is 2. The van der Waals surface area contributed by atoms with Crippen LogP contribution in [0.2, 0.25) is 0 Å². The van der Waals surface area contributed by atoms with Gasteiger partial charge in [0, 0.05) is 10.0 Å². The lowest BCUT2D eigenvalue weighted by atomic mass is 10.2. The Kier molecular flexibility index (Phi) is 3.97. The largest absolute Gasteiger partial charge is 0.478 e. The van der Waals surface area contributed by atoms with Gasteiger partial charge in [0.2, 0.25) is 6.79 Å². The van der Waals surface area contributed by atoms with E-state index < -0.39 is 5.97 Å². The number of hydrogen-bond acceptors (Lipinski definition) is 5. The first-order chi connectivity index (χ1) is 10.6. The fraction of sp³-hybridized carbons (Fsp3) is 0.0667. The molecule has 0 bridgehead atoms. The molecule has 112 valence electrons. The van der Waals surface area contributed by atoms with E-state index in [1.165, 1.54) is 12.1 Å². The molecule has 0 spiro atoms. The van der Waals surface area contributed by atoms with Crippen LogP contribution in [0.4, 0.5) is 5.69 Å². The van der Waals surface area contributed by atoms with Crippen molar-refractivity contribution in [2.24, 2.45) is 5.10 Å². The number of carboxylic acids is 1.